The molecule has 2 heterocycles. The number of ether oxygens (including phenoxy) is 3. The molecule has 7 heteroatoms. The Morgan fingerprint density at radius 3 is 2.84 bits per heavy atom. The van der Waals surface area contributed by atoms with Crippen LogP contribution in [0.25, 0.3) is 10.4 Å². The molecule has 0 saturated carbocycles. The molecule has 1 aromatic carbocycles. The van der Waals surface area contributed by atoms with Crippen molar-refractivity contribution in [1.29, 1.82) is 0 Å². The van der Waals surface area contributed by atoms with Crippen molar-refractivity contribution in [3.63, 3.8) is 0 Å². The van der Waals surface area contributed by atoms with Crippen LogP contribution >= 0.6 is 0 Å². The molecule has 2 saturated heterocycles. The Kier molecular flexibility index (Phi) is 3.08. The number of azide groups is 1. The summed E-state index contributed by atoms with van der Waals surface area (Å²) in [5, 5.41) is 3.44. The van der Waals surface area contributed by atoms with Gasteiger partial charge in [-0.25, -0.2) is 0 Å². The number of fused-ring (bicyclic) bond motifs is 1. The Balaban J connectivity index is 1.81. The van der Waals surface area contributed by atoms with E-state index in [1.165, 1.54) is 0 Å². The second-order valence-corrected chi connectivity index (χ2v) is 4.30. The second-order valence-electron chi connectivity index (χ2n) is 4.30. The minimum absolute atomic E-state index is 0.230. The van der Waals surface area contributed by atoms with Crippen LogP contribution in [0.4, 0.5) is 0 Å². The van der Waals surface area contributed by atoms with Crippen LogP contribution < -0.4 is 0 Å². The van der Waals surface area contributed by atoms with Gasteiger partial charge in [-0.05, 0) is 5.53 Å². The number of hydrogen-bond acceptors (Lipinski definition) is 5. The first-order chi connectivity index (χ1) is 9.29. The number of nitrogens with zero attached hydrogens (tertiary/aromatic N) is 3. The van der Waals surface area contributed by atoms with Crippen molar-refractivity contribution < 1.29 is 19.0 Å². The maximum absolute atomic E-state index is 11.6. The van der Waals surface area contributed by atoms with Crippen molar-refractivity contribution in [3.05, 3.63) is 46.3 Å². The van der Waals surface area contributed by atoms with Gasteiger partial charge >= 0.3 is 5.97 Å². The van der Waals surface area contributed by atoms with Crippen LogP contribution in [-0.2, 0) is 19.0 Å². The van der Waals surface area contributed by atoms with E-state index >= 15 is 0 Å². The predicted molar refractivity (Wildman–Crippen MR) is 62.8 cm³/mol. The van der Waals surface area contributed by atoms with Gasteiger partial charge in [-0.1, -0.05) is 35.4 Å². The number of carbonyl (C=O) groups excluding carboxylic acids is 1. The first kappa shape index (κ1) is 12.0. The monoisotopic (exact) mass is 261 g/mol. The van der Waals surface area contributed by atoms with Gasteiger partial charge < -0.3 is 14.2 Å². The van der Waals surface area contributed by atoms with E-state index in [-0.39, 0.29) is 6.61 Å². The van der Waals surface area contributed by atoms with E-state index in [2.05, 4.69) is 10.0 Å². The van der Waals surface area contributed by atoms with E-state index in [0.29, 0.717) is 0 Å². The van der Waals surface area contributed by atoms with E-state index in [1.54, 1.807) is 0 Å². The summed E-state index contributed by atoms with van der Waals surface area (Å²) in [6.07, 6.45) is -1.68. The molecule has 2 aliphatic heterocycles. The molecule has 0 spiro atoms. The summed E-state index contributed by atoms with van der Waals surface area (Å²) in [4.78, 5) is 14.2. The van der Waals surface area contributed by atoms with Crippen LogP contribution in [0.2, 0.25) is 0 Å². The highest BCUT2D eigenvalue weighted by molar-refractivity contribution is 5.79. The lowest BCUT2D eigenvalue weighted by Crippen LogP contribution is -2.41. The molecule has 4 atom stereocenters. The Bertz CT molecular complexity index is 529. The molecule has 0 aromatic heterocycles. The highest BCUT2D eigenvalue weighted by Crippen LogP contribution is 2.33. The molecule has 2 fully saturated rings. The maximum atomic E-state index is 11.6. The maximum Gasteiger partial charge on any atom is 0.318 e. The molecule has 7 nitrogen and oxygen atoms in total. The number of esters is 1. The minimum Gasteiger partial charge on any atom is -0.457 e. The zero-order valence-electron chi connectivity index (χ0n) is 9.88. The van der Waals surface area contributed by atoms with E-state index in [0.717, 1.165) is 5.56 Å². The Morgan fingerprint density at radius 1 is 1.32 bits per heavy atom. The molecule has 0 bridgehead atoms. The number of benzene rings is 1. The van der Waals surface area contributed by atoms with Crippen molar-refractivity contribution in [2.75, 3.05) is 6.61 Å². The number of carbonyl (C=O) groups is 1. The van der Waals surface area contributed by atoms with Crippen LogP contribution in [0.15, 0.2) is 35.4 Å². The lowest BCUT2D eigenvalue weighted by molar-refractivity contribution is -0.244. The molecule has 1 aromatic rings. The summed E-state index contributed by atoms with van der Waals surface area (Å²) < 4.78 is 16.3. The standard InChI is InChI=1S/C12H11N3O4/c13-15-14-9-10-8(18-11(9)16)6-17-12(19-10)7-4-2-1-3-5-7/h1-5,8-10,12H,6H2/t8-,9-,10+,12?/m0/s1. The Hall–Kier alpha value is -2.08. The topological polar surface area (TPSA) is 93.5 Å². The molecule has 19 heavy (non-hydrogen) atoms. The van der Waals surface area contributed by atoms with E-state index in [4.69, 9.17) is 19.7 Å². The fourth-order valence-electron chi connectivity index (χ4n) is 2.23. The second kappa shape index (κ2) is 4.89. The third-order valence-electron chi connectivity index (χ3n) is 3.13. The fraction of sp³-hybridized carbons (Fsp3) is 0.417. The molecule has 98 valence electrons. The highest BCUT2D eigenvalue weighted by atomic mass is 16.7. The third-order valence-corrected chi connectivity index (χ3v) is 3.13. The molecule has 0 aliphatic carbocycles. The van der Waals surface area contributed by atoms with Crippen molar-refractivity contribution in [3.8, 4) is 0 Å². The first-order valence-electron chi connectivity index (χ1n) is 5.86. The van der Waals surface area contributed by atoms with E-state index in [9.17, 15) is 4.79 Å². The molecule has 0 N–H and O–H groups in total. The third kappa shape index (κ3) is 2.15. The molecule has 2 aliphatic rings. The Morgan fingerprint density at radius 2 is 2.11 bits per heavy atom. The molecule has 1 unspecified atom stereocenters. The molecular formula is C12H11N3O4. The van der Waals surface area contributed by atoms with Gasteiger partial charge in [0, 0.05) is 10.5 Å². The molecule has 3 rings (SSSR count). The summed E-state index contributed by atoms with van der Waals surface area (Å²) in [5.41, 5.74) is 9.33. The molecule has 0 radical (unpaired) electrons. The summed E-state index contributed by atoms with van der Waals surface area (Å²) >= 11 is 0. The van der Waals surface area contributed by atoms with Crippen LogP contribution in [0.5, 0.6) is 0 Å². The largest absolute Gasteiger partial charge is 0.457 e. The summed E-state index contributed by atoms with van der Waals surface area (Å²) in [6.45, 7) is 0.230. The van der Waals surface area contributed by atoms with Gasteiger partial charge in [0.1, 0.15) is 6.10 Å². The minimum atomic E-state index is -0.940. The fourth-order valence-corrected chi connectivity index (χ4v) is 2.23. The van der Waals surface area contributed by atoms with Crippen LogP contribution in [0.3, 0.4) is 0 Å². The van der Waals surface area contributed by atoms with Crippen LogP contribution in [0.1, 0.15) is 11.9 Å². The van der Waals surface area contributed by atoms with Crippen molar-refractivity contribution >= 4 is 5.97 Å². The van der Waals surface area contributed by atoms with E-state index in [1.807, 2.05) is 30.3 Å². The predicted octanol–water partition coefficient (Wildman–Crippen LogP) is 1.70. The molecular weight excluding hydrogens is 250 g/mol. The van der Waals surface area contributed by atoms with Crippen molar-refractivity contribution in [2.24, 2.45) is 5.11 Å². The van der Waals surface area contributed by atoms with Gasteiger partial charge in [0.2, 0.25) is 0 Å². The summed E-state index contributed by atoms with van der Waals surface area (Å²) in [6, 6.07) is 8.42. The lowest BCUT2D eigenvalue weighted by Gasteiger charge is -2.32. The first-order valence-corrected chi connectivity index (χ1v) is 5.86. The van der Waals surface area contributed by atoms with Gasteiger partial charge in [-0.2, -0.15) is 0 Å². The van der Waals surface area contributed by atoms with Crippen molar-refractivity contribution in [2.45, 2.75) is 24.5 Å². The summed E-state index contributed by atoms with van der Waals surface area (Å²) in [7, 11) is 0. The van der Waals surface area contributed by atoms with Crippen molar-refractivity contribution in [1.82, 2.24) is 0 Å². The quantitative estimate of drug-likeness (QED) is 0.350. The van der Waals surface area contributed by atoms with Gasteiger partial charge in [-0.3, -0.25) is 4.79 Å². The average Bonchev–Trinajstić information content (AvgIpc) is 2.76. The van der Waals surface area contributed by atoms with Gasteiger partial charge in [0.05, 0.1) is 6.61 Å². The molecule has 0 amide bonds. The van der Waals surface area contributed by atoms with Gasteiger partial charge in [-0.15, -0.1) is 0 Å². The average molecular weight is 261 g/mol. The summed E-state index contributed by atoms with van der Waals surface area (Å²) in [5.74, 6) is -0.565. The van der Waals surface area contributed by atoms with Crippen LogP contribution in [-0.4, -0.2) is 30.8 Å². The van der Waals surface area contributed by atoms with Gasteiger partial charge in [0.25, 0.3) is 0 Å². The van der Waals surface area contributed by atoms with Crippen LogP contribution in [0, 0.1) is 0 Å². The SMILES string of the molecule is [N-]=[N+]=N[C@@H]1C(=O)O[C@H]2COC(c3ccccc3)O[C@H]21. The Labute approximate surface area is 108 Å². The normalized spacial score (nSPS) is 33.2. The lowest BCUT2D eigenvalue weighted by atomic mass is 10.1. The number of hydrogen-bond donors (Lipinski definition) is 0. The number of rotatable bonds is 2. The highest BCUT2D eigenvalue weighted by Gasteiger charge is 2.49. The zero-order valence-corrected chi connectivity index (χ0v) is 9.88. The van der Waals surface area contributed by atoms with E-state index < -0.39 is 30.5 Å². The smallest absolute Gasteiger partial charge is 0.318 e. The zero-order chi connectivity index (χ0) is 13.2. The van der Waals surface area contributed by atoms with Gasteiger partial charge in [0.15, 0.2) is 18.4 Å².